The summed E-state index contributed by atoms with van der Waals surface area (Å²) in [5.41, 5.74) is 0.879. The summed E-state index contributed by atoms with van der Waals surface area (Å²) in [7, 11) is 0. The summed E-state index contributed by atoms with van der Waals surface area (Å²) in [6.45, 7) is 5.48. The summed E-state index contributed by atoms with van der Waals surface area (Å²) in [5, 5.41) is 12.9. The molecule has 0 radical (unpaired) electrons. The van der Waals surface area contributed by atoms with Crippen LogP contribution < -0.4 is 5.32 Å². The molecule has 0 spiro atoms. The Balaban J connectivity index is 2.38. The van der Waals surface area contributed by atoms with Gasteiger partial charge < -0.3 is 10.4 Å². The van der Waals surface area contributed by atoms with Crippen molar-refractivity contribution in [1.82, 2.24) is 5.32 Å². The number of carbonyl (C=O) groups excluding carboxylic acids is 1. The highest BCUT2D eigenvalue weighted by molar-refractivity contribution is 5.76. The van der Waals surface area contributed by atoms with Crippen LogP contribution in [0.3, 0.4) is 0 Å². The zero-order valence-electron chi connectivity index (χ0n) is 10.8. The number of nitrogens with one attached hydrogen (secondary N) is 1. The van der Waals surface area contributed by atoms with Crippen molar-refractivity contribution >= 4 is 5.91 Å². The van der Waals surface area contributed by atoms with Gasteiger partial charge in [0.25, 0.3) is 0 Å². The molecule has 98 valence electrons. The largest absolute Gasteiger partial charge is 0.388 e. The van der Waals surface area contributed by atoms with Crippen LogP contribution in [0.5, 0.6) is 0 Å². The molecule has 0 aliphatic heterocycles. The lowest BCUT2D eigenvalue weighted by atomic mass is 10.0. The second-order valence-electron chi connectivity index (χ2n) is 4.46. The number of benzene rings is 1. The molecule has 1 rings (SSSR count). The molecule has 2 atom stereocenters. The third-order valence-electron chi connectivity index (χ3n) is 2.74. The van der Waals surface area contributed by atoms with Crippen LogP contribution in [0.1, 0.15) is 37.9 Å². The summed E-state index contributed by atoms with van der Waals surface area (Å²) >= 11 is 0. The highest BCUT2D eigenvalue weighted by Gasteiger charge is 2.13. The summed E-state index contributed by atoms with van der Waals surface area (Å²) in [5.74, 6) is 0.00246. The number of aliphatic hydroxyl groups is 1. The molecule has 0 aliphatic carbocycles. The molecule has 0 saturated carbocycles. The maximum absolute atomic E-state index is 11.5. The Labute approximate surface area is 109 Å². The summed E-state index contributed by atoms with van der Waals surface area (Å²) in [4.78, 5) is 11.5. The second-order valence-corrected chi connectivity index (χ2v) is 4.46. The van der Waals surface area contributed by atoms with Gasteiger partial charge in [-0.2, -0.15) is 0 Å². The Kier molecular flexibility index (Phi) is 6.15. The van der Waals surface area contributed by atoms with Crippen LogP contribution in [-0.4, -0.2) is 17.1 Å². The fourth-order valence-corrected chi connectivity index (χ4v) is 1.79. The summed E-state index contributed by atoms with van der Waals surface area (Å²) < 4.78 is 0. The first kappa shape index (κ1) is 14.5. The molecular weight excluding hydrogens is 226 g/mol. The average Bonchev–Trinajstić information content (AvgIpc) is 2.37. The van der Waals surface area contributed by atoms with Gasteiger partial charge in [0.1, 0.15) is 0 Å². The number of hydrogen-bond acceptors (Lipinski definition) is 2. The molecule has 1 amide bonds. The van der Waals surface area contributed by atoms with Crippen molar-refractivity contribution in [2.75, 3.05) is 0 Å². The van der Waals surface area contributed by atoms with Crippen LogP contribution in [0.15, 0.2) is 43.0 Å². The summed E-state index contributed by atoms with van der Waals surface area (Å²) in [6.07, 6.45) is 2.84. The minimum absolute atomic E-state index is 0.00246. The Hall–Kier alpha value is -1.61. The molecule has 0 heterocycles. The fraction of sp³-hybridized carbons (Fsp3) is 0.400. The molecule has 2 N–H and O–H groups in total. The molecule has 0 bridgehead atoms. The number of hydrogen-bond donors (Lipinski definition) is 2. The van der Waals surface area contributed by atoms with Gasteiger partial charge >= 0.3 is 0 Å². The standard InChI is InChI=1S/C15H21NO2/c1-3-4-10-15(18)16-12(2)11-14(17)13-8-6-5-7-9-13/h3,5-9,12,14,17H,1,4,10-11H2,2H3,(H,16,18). The van der Waals surface area contributed by atoms with Gasteiger partial charge in [0, 0.05) is 12.5 Å². The molecule has 3 heteroatoms. The maximum Gasteiger partial charge on any atom is 0.220 e. The van der Waals surface area contributed by atoms with E-state index in [1.807, 2.05) is 37.3 Å². The highest BCUT2D eigenvalue weighted by Crippen LogP contribution is 2.17. The monoisotopic (exact) mass is 247 g/mol. The van der Waals surface area contributed by atoms with Gasteiger partial charge in [-0.15, -0.1) is 6.58 Å². The van der Waals surface area contributed by atoms with Crippen LogP contribution in [0.4, 0.5) is 0 Å². The van der Waals surface area contributed by atoms with Crippen molar-refractivity contribution in [3.8, 4) is 0 Å². The third kappa shape index (κ3) is 5.15. The first-order chi connectivity index (χ1) is 8.63. The SMILES string of the molecule is C=CCCC(=O)NC(C)CC(O)c1ccccc1. The number of allylic oxidation sites excluding steroid dienone is 1. The van der Waals surface area contributed by atoms with Crippen LogP contribution >= 0.6 is 0 Å². The van der Waals surface area contributed by atoms with Crippen molar-refractivity contribution in [3.05, 3.63) is 48.6 Å². The van der Waals surface area contributed by atoms with Crippen LogP contribution in [0, 0.1) is 0 Å². The zero-order valence-corrected chi connectivity index (χ0v) is 10.8. The number of amides is 1. The van der Waals surface area contributed by atoms with E-state index in [1.165, 1.54) is 0 Å². The van der Waals surface area contributed by atoms with Crippen molar-refractivity contribution < 1.29 is 9.90 Å². The van der Waals surface area contributed by atoms with Crippen molar-refractivity contribution in [1.29, 1.82) is 0 Å². The van der Waals surface area contributed by atoms with Crippen LogP contribution in [0.2, 0.25) is 0 Å². The van der Waals surface area contributed by atoms with Gasteiger partial charge in [-0.05, 0) is 25.3 Å². The second kappa shape index (κ2) is 7.67. The number of aliphatic hydroxyl groups excluding tert-OH is 1. The molecule has 0 aromatic heterocycles. The molecule has 0 aliphatic rings. The molecule has 18 heavy (non-hydrogen) atoms. The molecule has 0 fully saturated rings. The Morgan fingerprint density at radius 1 is 1.44 bits per heavy atom. The van der Waals surface area contributed by atoms with Crippen LogP contribution in [-0.2, 0) is 4.79 Å². The van der Waals surface area contributed by atoms with Gasteiger partial charge in [-0.3, -0.25) is 4.79 Å². The van der Waals surface area contributed by atoms with E-state index in [-0.39, 0.29) is 11.9 Å². The minimum Gasteiger partial charge on any atom is -0.388 e. The third-order valence-corrected chi connectivity index (χ3v) is 2.74. The first-order valence-electron chi connectivity index (χ1n) is 6.26. The van der Waals surface area contributed by atoms with Gasteiger partial charge in [-0.1, -0.05) is 36.4 Å². The molecule has 3 nitrogen and oxygen atoms in total. The van der Waals surface area contributed by atoms with E-state index >= 15 is 0 Å². The molecule has 2 unspecified atom stereocenters. The maximum atomic E-state index is 11.5. The van der Waals surface area contributed by atoms with E-state index in [1.54, 1.807) is 6.08 Å². The predicted octanol–water partition coefficient (Wildman–Crippen LogP) is 2.58. The fourth-order valence-electron chi connectivity index (χ4n) is 1.79. The number of rotatable bonds is 7. The normalized spacial score (nSPS) is 13.7. The van der Waals surface area contributed by atoms with E-state index in [0.29, 0.717) is 19.3 Å². The van der Waals surface area contributed by atoms with Gasteiger partial charge in [-0.25, -0.2) is 0 Å². The first-order valence-corrected chi connectivity index (χ1v) is 6.26. The lowest BCUT2D eigenvalue weighted by molar-refractivity contribution is -0.121. The quantitative estimate of drug-likeness (QED) is 0.728. The Morgan fingerprint density at radius 3 is 2.72 bits per heavy atom. The van der Waals surface area contributed by atoms with E-state index in [0.717, 1.165) is 5.56 Å². The highest BCUT2D eigenvalue weighted by atomic mass is 16.3. The van der Waals surface area contributed by atoms with Gasteiger partial charge in [0.15, 0.2) is 0 Å². The molecule has 1 aromatic carbocycles. The molecule has 0 saturated heterocycles. The predicted molar refractivity (Wildman–Crippen MR) is 73.1 cm³/mol. The molecule has 1 aromatic rings. The lowest BCUT2D eigenvalue weighted by Gasteiger charge is -2.18. The van der Waals surface area contributed by atoms with Crippen molar-refractivity contribution in [3.63, 3.8) is 0 Å². The molecular formula is C15H21NO2. The minimum atomic E-state index is -0.541. The van der Waals surface area contributed by atoms with E-state index in [9.17, 15) is 9.90 Å². The van der Waals surface area contributed by atoms with E-state index < -0.39 is 6.10 Å². The smallest absolute Gasteiger partial charge is 0.220 e. The van der Waals surface area contributed by atoms with Crippen molar-refractivity contribution in [2.45, 2.75) is 38.3 Å². The average molecular weight is 247 g/mol. The summed E-state index contributed by atoms with van der Waals surface area (Å²) in [6, 6.07) is 9.43. The van der Waals surface area contributed by atoms with Gasteiger partial charge in [0.2, 0.25) is 5.91 Å². The Morgan fingerprint density at radius 2 is 2.11 bits per heavy atom. The topological polar surface area (TPSA) is 49.3 Å². The van der Waals surface area contributed by atoms with Crippen molar-refractivity contribution in [2.24, 2.45) is 0 Å². The number of carbonyl (C=O) groups is 1. The Bertz CT molecular complexity index is 375. The van der Waals surface area contributed by atoms with E-state index in [2.05, 4.69) is 11.9 Å². The van der Waals surface area contributed by atoms with Crippen LogP contribution in [0.25, 0.3) is 0 Å². The zero-order chi connectivity index (χ0) is 13.4. The van der Waals surface area contributed by atoms with Gasteiger partial charge in [0.05, 0.1) is 6.10 Å². The van der Waals surface area contributed by atoms with E-state index in [4.69, 9.17) is 0 Å². The lowest BCUT2D eigenvalue weighted by Crippen LogP contribution is -2.33.